The largest absolute Gasteiger partial charge is 0.497 e. The Balaban J connectivity index is 1.95. The summed E-state index contributed by atoms with van der Waals surface area (Å²) in [6, 6.07) is 15.4. The van der Waals surface area contributed by atoms with Crippen LogP contribution in [0.15, 0.2) is 58.1 Å². The zero-order chi connectivity index (χ0) is 16.2. The average molecular weight is 389 g/mol. The van der Waals surface area contributed by atoms with Crippen molar-refractivity contribution in [3.8, 4) is 17.1 Å². The summed E-state index contributed by atoms with van der Waals surface area (Å²) >= 11 is 8.67. The molecule has 0 bridgehead atoms. The molecule has 1 aromatic heterocycles. The van der Waals surface area contributed by atoms with Crippen LogP contribution in [0.3, 0.4) is 0 Å². The van der Waals surface area contributed by atoms with E-state index in [0.29, 0.717) is 10.6 Å². The molecule has 23 heavy (non-hydrogen) atoms. The fourth-order valence-corrected chi connectivity index (χ4v) is 2.44. The molecule has 3 aromatic rings. The number of hydrogen-bond acceptors (Lipinski definition) is 4. The van der Waals surface area contributed by atoms with E-state index < -0.39 is 0 Å². The van der Waals surface area contributed by atoms with E-state index in [0.717, 1.165) is 21.3 Å². The van der Waals surface area contributed by atoms with E-state index in [-0.39, 0.29) is 0 Å². The SMILES string of the molecule is COc1ccc(-c2n[nH]c(=S)n2/N=C/c2ccc(Br)cc2)cc1. The molecule has 116 valence electrons. The van der Waals surface area contributed by atoms with Gasteiger partial charge in [0.25, 0.3) is 0 Å². The van der Waals surface area contributed by atoms with E-state index in [2.05, 4.69) is 31.2 Å². The third-order valence-electron chi connectivity index (χ3n) is 3.19. The third-order valence-corrected chi connectivity index (χ3v) is 3.98. The maximum atomic E-state index is 5.26. The predicted molar refractivity (Wildman–Crippen MR) is 96.5 cm³/mol. The second kappa shape index (κ2) is 6.89. The molecule has 0 atom stereocenters. The number of hydrogen-bond donors (Lipinski definition) is 1. The van der Waals surface area contributed by atoms with Crippen LogP contribution in [-0.2, 0) is 0 Å². The first-order valence-electron chi connectivity index (χ1n) is 6.79. The first kappa shape index (κ1) is 15.6. The number of rotatable bonds is 4. The van der Waals surface area contributed by atoms with Crippen LogP contribution in [-0.4, -0.2) is 28.2 Å². The highest BCUT2D eigenvalue weighted by Gasteiger charge is 2.08. The molecule has 7 heteroatoms. The lowest BCUT2D eigenvalue weighted by Crippen LogP contribution is -1.95. The molecular formula is C16H13BrN4OS. The number of nitrogens with zero attached hydrogens (tertiary/aromatic N) is 3. The summed E-state index contributed by atoms with van der Waals surface area (Å²) in [5, 5.41) is 11.5. The summed E-state index contributed by atoms with van der Waals surface area (Å²) in [7, 11) is 1.63. The van der Waals surface area contributed by atoms with Crippen LogP contribution in [0.2, 0.25) is 0 Å². The molecule has 0 aliphatic carbocycles. The maximum Gasteiger partial charge on any atom is 0.216 e. The van der Waals surface area contributed by atoms with E-state index in [1.165, 1.54) is 0 Å². The number of aromatic amines is 1. The Bertz CT molecular complexity index is 882. The highest BCUT2D eigenvalue weighted by molar-refractivity contribution is 9.10. The summed E-state index contributed by atoms with van der Waals surface area (Å²) in [5.41, 5.74) is 1.86. The number of nitrogens with one attached hydrogen (secondary N) is 1. The van der Waals surface area contributed by atoms with Gasteiger partial charge in [0.15, 0.2) is 5.82 Å². The first-order chi connectivity index (χ1) is 11.2. The number of benzene rings is 2. The Morgan fingerprint density at radius 1 is 1.17 bits per heavy atom. The van der Waals surface area contributed by atoms with Gasteiger partial charge in [0.1, 0.15) is 5.75 Å². The van der Waals surface area contributed by atoms with Crippen LogP contribution in [0.5, 0.6) is 5.75 Å². The lowest BCUT2D eigenvalue weighted by Gasteiger charge is -2.03. The van der Waals surface area contributed by atoms with Crippen molar-refractivity contribution in [3.05, 3.63) is 63.3 Å². The molecular weight excluding hydrogens is 376 g/mol. The molecule has 0 spiro atoms. The lowest BCUT2D eigenvalue weighted by molar-refractivity contribution is 0.415. The Kier molecular flexibility index (Phi) is 4.68. The normalized spacial score (nSPS) is 11.0. The molecule has 1 heterocycles. The maximum absolute atomic E-state index is 5.26. The zero-order valence-electron chi connectivity index (χ0n) is 12.2. The van der Waals surface area contributed by atoms with Crippen molar-refractivity contribution in [3.63, 3.8) is 0 Å². The molecule has 2 aromatic carbocycles. The van der Waals surface area contributed by atoms with Gasteiger partial charge in [-0.2, -0.15) is 14.9 Å². The number of aromatic nitrogens is 3. The Labute approximate surface area is 146 Å². The second-order valence-corrected chi connectivity index (χ2v) is 5.99. The van der Waals surface area contributed by atoms with Gasteiger partial charge in [0, 0.05) is 10.0 Å². The van der Waals surface area contributed by atoms with Crippen molar-refractivity contribution in [2.75, 3.05) is 7.11 Å². The quantitative estimate of drug-likeness (QED) is 0.536. The molecule has 0 amide bonds. The molecule has 0 unspecified atom stereocenters. The van der Waals surface area contributed by atoms with Crippen molar-refractivity contribution in [2.24, 2.45) is 5.10 Å². The van der Waals surface area contributed by atoms with Crippen LogP contribution >= 0.6 is 28.1 Å². The van der Waals surface area contributed by atoms with Crippen LogP contribution in [0, 0.1) is 4.77 Å². The van der Waals surface area contributed by atoms with Gasteiger partial charge in [-0.3, -0.25) is 0 Å². The van der Waals surface area contributed by atoms with Gasteiger partial charge >= 0.3 is 0 Å². The highest BCUT2D eigenvalue weighted by atomic mass is 79.9. The molecule has 1 N–H and O–H groups in total. The van der Waals surface area contributed by atoms with E-state index in [9.17, 15) is 0 Å². The molecule has 0 saturated carbocycles. The summed E-state index contributed by atoms with van der Waals surface area (Å²) in [6.07, 6.45) is 1.74. The van der Waals surface area contributed by atoms with Crippen molar-refractivity contribution in [1.29, 1.82) is 0 Å². The fraction of sp³-hybridized carbons (Fsp3) is 0.0625. The molecule has 0 aliphatic heterocycles. The van der Waals surface area contributed by atoms with E-state index in [4.69, 9.17) is 17.0 Å². The predicted octanol–water partition coefficient (Wildman–Crippen LogP) is 4.26. The fourth-order valence-electron chi connectivity index (χ4n) is 2.00. The molecule has 5 nitrogen and oxygen atoms in total. The molecule has 0 fully saturated rings. The Hall–Kier alpha value is -2.25. The first-order valence-corrected chi connectivity index (χ1v) is 7.99. The van der Waals surface area contributed by atoms with Crippen molar-refractivity contribution in [1.82, 2.24) is 14.9 Å². The Morgan fingerprint density at radius 2 is 1.87 bits per heavy atom. The van der Waals surface area contributed by atoms with Gasteiger partial charge in [-0.15, -0.1) is 0 Å². The van der Waals surface area contributed by atoms with Crippen molar-refractivity contribution in [2.45, 2.75) is 0 Å². The van der Waals surface area contributed by atoms with Crippen molar-refractivity contribution >= 4 is 34.4 Å². The zero-order valence-corrected chi connectivity index (χ0v) is 14.6. The Morgan fingerprint density at radius 3 is 2.52 bits per heavy atom. The van der Waals surface area contributed by atoms with Gasteiger partial charge in [-0.1, -0.05) is 28.1 Å². The summed E-state index contributed by atoms with van der Waals surface area (Å²) in [5.74, 6) is 1.43. The minimum Gasteiger partial charge on any atom is -0.497 e. The van der Waals surface area contributed by atoms with E-state index in [1.807, 2.05) is 48.5 Å². The van der Waals surface area contributed by atoms with Crippen LogP contribution in [0.1, 0.15) is 5.56 Å². The molecule has 0 saturated heterocycles. The number of halogens is 1. The highest BCUT2D eigenvalue weighted by Crippen LogP contribution is 2.20. The summed E-state index contributed by atoms with van der Waals surface area (Å²) < 4.78 is 8.22. The minimum atomic E-state index is 0.434. The van der Waals surface area contributed by atoms with Gasteiger partial charge in [-0.25, -0.2) is 5.10 Å². The van der Waals surface area contributed by atoms with Gasteiger partial charge in [0.2, 0.25) is 4.77 Å². The van der Waals surface area contributed by atoms with Crippen LogP contribution < -0.4 is 4.74 Å². The summed E-state index contributed by atoms with van der Waals surface area (Å²) in [6.45, 7) is 0. The molecule has 0 radical (unpaired) electrons. The summed E-state index contributed by atoms with van der Waals surface area (Å²) in [4.78, 5) is 0. The number of ether oxygens (including phenoxy) is 1. The topological polar surface area (TPSA) is 55.2 Å². The smallest absolute Gasteiger partial charge is 0.216 e. The van der Waals surface area contributed by atoms with Gasteiger partial charge in [-0.05, 0) is 54.2 Å². The van der Waals surface area contributed by atoms with Crippen LogP contribution in [0.25, 0.3) is 11.4 Å². The van der Waals surface area contributed by atoms with E-state index >= 15 is 0 Å². The molecule has 0 aliphatic rings. The van der Waals surface area contributed by atoms with Crippen molar-refractivity contribution < 1.29 is 4.74 Å². The average Bonchev–Trinajstić information content (AvgIpc) is 2.95. The molecule has 3 rings (SSSR count). The second-order valence-electron chi connectivity index (χ2n) is 4.69. The standard InChI is InChI=1S/C16H13BrN4OS/c1-22-14-8-4-12(5-9-14)15-19-20-16(23)21(15)18-10-11-2-6-13(17)7-3-11/h2-10H,1H3,(H,20,23)/b18-10+. The third kappa shape index (κ3) is 3.57. The minimum absolute atomic E-state index is 0.434. The lowest BCUT2D eigenvalue weighted by atomic mass is 10.2. The van der Waals surface area contributed by atoms with Gasteiger partial charge in [0.05, 0.1) is 13.3 Å². The monoisotopic (exact) mass is 388 g/mol. The number of H-pyrrole nitrogens is 1. The van der Waals surface area contributed by atoms with Gasteiger partial charge < -0.3 is 4.74 Å². The van der Waals surface area contributed by atoms with E-state index in [1.54, 1.807) is 18.0 Å². The van der Waals surface area contributed by atoms with Crippen LogP contribution in [0.4, 0.5) is 0 Å². The number of methoxy groups -OCH3 is 1.